The number of para-hydroxylation sites is 2. The van der Waals surface area contributed by atoms with E-state index in [9.17, 15) is 0 Å². The highest BCUT2D eigenvalue weighted by Crippen LogP contribution is 2.20. The summed E-state index contributed by atoms with van der Waals surface area (Å²) in [5.74, 6) is 0.980. The van der Waals surface area contributed by atoms with Gasteiger partial charge in [-0.25, -0.2) is 9.67 Å². The molecule has 0 atom stereocenters. The molecule has 0 aliphatic carbocycles. The van der Waals surface area contributed by atoms with Gasteiger partial charge in [0.2, 0.25) is 5.95 Å². The molecule has 0 amide bonds. The molecule has 0 saturated heterocycles. The van der Waals surface area contributed by atoms with Crippen molar-refractivity contribution in [3.63, 3.8) is 0 Å². The summed E-state index contributed by atoms with van der Waals surface area (Å²) in [7, 11) is 1.61. The van der Waals surface area contributed by atoms with Crippen LogP contribution in [-0.4, -0.2) is 21.9 Å². The van der Waals surface area contributed by atoms with E-state index in [1.54, 1.807) is 18.1 Å². The molecule has 2 rings (SSSR count). The van der Waals surface area contributed by atoms with Crippen LogP contribution in [0, 0.1) is 0 Å². The number of methoxy groups -OCH3 is 1. The number of nitrogens with two attached hydrogens (primary N) is 1. The molecule has 1 aromatic heterocycles. The van der Waals surface area contributed by atoms with Gasteiger partial charge in [0.1, 0.15) is 17.8 Å². The number of nitrogen functional groups attached to an aromatic ring is 1. The van der Waals surface area contributed by atoms with Gasteiger partial charge >= 0.3 is 0 Å². The van der Waals surface area contributed by atoms with Crippen molar-refractivity contribution in [3.05, 3.63) is 30.6 Å². The highest BCUT2D eigenvalue weighted by atomic mass is 16.5. The van der Waals surface area contributed by atoms with Crippen molar-refractivity contribution >= 4 is 5.95 Å². The Kier molecular flexibility index (Phi) is 2.06. The van der Waals surface area contributed by atoms with Crippen LogP contribution in [0.2, 0.25) is 0 Å². The zero-order valence-corrected chi connectivity index (χ0v) is 7.71. The number of anilines is 1. The van der Waals surface area contributed by atoms with E-state index in [0.29, 0.717) is 0 Å². The van der Waals surface area contributed by atoms with Crippen LogP contribution >= 0.6 is 0 Å². The molecule has 1 heterocycles. The second kappa shape index (κ2) is 3.37. The number of nitrogens with zero attached hydrogens (tertiary/aromatic N) is 3. The number of benzene rings is 1. The van der Waals surface area contributed by atoms with Crippen LogP contribution < -0.4 is 10.5 Å². The molecule has 2 aromatic rings. The molecule has 1 aromatic carbocycles. The Morgan fingerprint density at radius 2 is 2.14 bits per heavy atom. The maximum Gasteiger partial charge on any atom is 0.239 e. The first-order valence-corrected chi connectivity index (χ1v) is 4.12. The minimum absolute atomic E-state index is 0.246. The Bertz CT molecular complexity index is 438. The molecule has 2 N–H and O–H groups in total. The van der Waals surface area contributed by atoms with Crippen molar-refractivity contribution in [2.45, 2.75) is 0 Å². The van der Waals surface area contributed by atoms with E-state index in [1.165, 1.54) is 0 Å². The summed E-state index contributed by atoms with van der Waals surface area (Å²) in [4.78, 5) is 3.84. The van der Waals surface area contributed by atoms with Gasteiger partial charge in [-0.3, -0.25) is 0 Å². The largest absolute Gasteiger partial charge is 0.494 e. The highest BCUT2D eigenvalue weighted by molar-refractivity contribution is 5.45. The van der Waals surface area contributed by atoms with Crippen LogP contribution in [0.25, 0.3) is 5.69 Å². The Labute approximate surface area is 81.1 Å². The summed E-state index contributed by atoms with van der Waals surface area (Å²) in [6.45, 7) is 0. The van der Waals surface area contributed by atoms with Gasteiger partial charge in [-0.05, 0) is 12.1 Å². The predicted octanol–water partition coefficient (Wildman–Crippen LogP) is 0.858. The van der Waals surface area contributed by atoms with Crippen LogP contribution in [0.15, 0.2) is 30.6 Å². The van der Waals surface area contributed by atoms with E-state index in [2.05, 4.69) is 10.1 Å². The van der Waals surface area contributed by atoms with Crippen molar-refractivity contribution < 1.29 is 4.74 Å². The molecule has 5 nitrogen and oxygen atoms in total. The van der Waals surface area contributed by atoms with Crippen LogP contribution in [0.4, 0.5) is 5.95 Å². The lowest BCUT2D eigenvalue weighted by atomic mass is 10.3. The second-order valence-electron chi connectivity index (χ2n) is 2.72. The number of ether oxygens (including phenoxy) is 1. The summed E-state index contributed by atoms with van der Waals surface area (Å²) in [5, 5.41) is 3.99. The van der Waals surface area contributed by atoms with Crippen molar-refractivity contribution in [2.75, 3.05) is 12.8 Å². The summed E-state index contributed by atoms with van der Waals surface area (Å²) in [6.07, 6.45) is 1.55. The average molecular weight is 190 g/mol. The summed E-state index contributed by atoms with van der Waals surface area (Å²) in [5.41, 5.74) is 6.24. The monoisotopic (exact) mass is 190 g/mol. The van der Waals surface area contributed by atoms with Crippen molar-refractivity contribution in [2.24, 2.45) is 0 Å². The molecular weight excluding hydrogens is 180 g/mol. The zero-order chi connectivity index (χ0) is 9.97. The molecule has 0 unspecified atom stereocenters. The minimum Gasteiger partial charge on any atom is -0.494 e. The van der Waals surface area contributed by atoms with Crippen molar-refractivity contribution in [1.29, 1.82) is 0 Å². The molecule has 0 aliphatic heterocycles. The van der Waals surface area contributed by atoms with Gasteiger partial charge in [-0.1, -0.05) is 12.1 Å². The summed E-state index contributed by atoms with van der Waals surface area (Å²) in [6, 6.07) is 7.53. The highest BCUT2D eigenvalue weighted by Gasteiger charge is 2.05. The van der Waals surface area contributed by atoms with E-state index in [4.69, 9.17) is 10.5 Å². The smallest absolute Gasteiger partial charge is 0.239 e. The normalized spacial score (nSPS) is 10.1. The molecule has 0 spiro atoms. The molecule has 0 bridgehead atoms. The third kappa shape index (κ3) is 1.39. The van der Waals surface area contributed by atoms with Crippen LogP contribution in [0.1, 0.15) is 0 Å². The standard InChI is InChI=1S/C9H10N4O/c1-14-8-5-3-2-4-7(8)13-6-11-9(10)12-13/h2-6H,1H3,(H2,10,12). The molecule has 5 heteroatoms. The molecule has 0 aliphatic rings. The van der Waals surface area contributed by atoms with Crippen LogP contribution in [0.5, 0.6) is 5.75 Å². The number of rotatable bonds is 2. The van der Waals surface area contributed by atoms with E-state index in [1.807, 2.05) is 24.3 Å². The van der Waals surface area contributed by atoms with Crippen LogP contribution in [-0.2, 0) is 0 Å². The molecule has 0 saturated carbocycles. The lowest BCUT2D eigenvalue weighted by molar-refractivity contribution is 0.411. The van der Waals surface area contributed by atoms with E-state index in [-0.39, 0.29) is 5.95 Å². The van der Waals surface area contributed by atoms with Gasteiger partial charge < -0.3 is 10.5 Å². The lowest BCUT2D eigenvalue weighted by Crippen LogP contribution is -1.99. The average Bonchev–Trinajstić information content (AvgIpc) is 2.65. The van der Waals surface area contributed by atoms with Gasteiger partial charge in [-0.2, -0.15) is 0 Å². The third-order valence-electron chi connectivity index (χ3n) is 1.84. The lowest BCUT2D eigenvalue weighted by Gasteiger charge is -2.06. The first-order valence-electron chi connectivity index (χ1n) is 4.12. The number of aromatic nitrogens is 3. The molecular formula is C9H10N4O. The maximum atomic E-state index is 5.42. The SMILES string of the molecule is COc1ccccc1-n1cnc(N)n1. The third-order valence-corrected chi connectivity index (χ3v) is 1.84. The van der Waals surface area contributed by atoms with Gasteiger partial charge in [0, 0.05) is 0 Å². The topological polar surface area (TPSA) is 66.0 Å². The van der Waals surface area contributed by atoms with E-state index in [0.717, 1.165) is 11.4 Å². The van der Waals surface area contributed by atoms with Crippen LogP contribution in [0.3, 0.4) is 0 Å². The van der Waals surface area contributed by atoms with Gasteiger partial charge in [0.25, 0.3) is 0 Å². The molecule has 72 valence electrons. The molecule has 0 radical (unpaired) electrons. The van der Waals surface area contributed by atoms with Gasteiger partial charge in [0.05, 0.1) is 7.11 Å². The first kappa shape index (κ1) is 8.55. The van der Waals surface area contributed by atoms with Crippen molar-refractivity contribution in [3.8, 4) is 11.4 Å². The summed E-state index contributed by atoms with van der Waals surface area (Å²) < 4.78 is 6.76. The Balaban J connectivity index is 2.50. The molecule has 14 heavy (non-hydrogen) atoms. The van der Waals surface area contributed by atoms with E-state index >= 15 is 0 Å². The van der Waals surface area contributed by atoms with Gasteiger partial charge in [-0.15, -0.1) is 5.10 Å². The number of hydrogen-bond donors (Lipinski definition) is 1. The zero-order valence-electron chi connectivity index (χ0n) is 7.71. The first-order chi connectivity index (χ1) is 6.81. The maximum absolute atomic E-state index is 5.42. The van der Waals surface area contributed by atoms with Crippen molar-refractivity contribution in [1.82, 2.24) is 14.8 Å². The fourth-order valence-corrected chi connectivity index (χ4v) is 1.21. The number of hydrogen-bond acceptors (Lipinski definition) is 4. The van der Waals surface area contributed by atoms with E-state index < -0.39 is 0 Å². The van der Waals surface area contributed by atoms with Gasteiger partial charge in [0.15, 0.2) is 0 Å². The minimum atomic E-state index is 0.246. The Morgan fingerprint density at radius 3 is 2.79 bits per heavy atom. The molecule has 0 fully saturated rings. The fraction of sp³-hybridized carbons (Fsp3) is 0.111. The Morgan fingerprint density at radius 1 is 1.36 bits per heavy atom. The second-order valence-corrected chi connectivity index (χ2v) is 2.72. The Hall–Kier alpha value is -2.04. The summed E-state index contributed by atoms with van der Waals surface area (Å²) >= 11 is 0. The fourth-order valence-electron chi connectivity index (χ4n) is 1.21. The quantitative estimate of drug-likeness (QED) is 0.762. The predicted molar refractivity (Wildman–Crippen MR) is 52.3 cm³/mol.